The predicted octanol–water partition coefficient (Wildman–Crippen LogP) is 3.31. The van der Waals surface area contributed by atoms with E-state index in [9.17, 15) is 4.57 Å². The highest BCUT2D eigenvalue weighted by atomic mass is 31.2. The van der Waals surface area contributed by atoms with Gasteiger partial charge in [-0.25, -0.2) is 4.57 Å². The van der Waals surface area contributed by atoms with E-state index in [1.54, 1.807) is 26.0 Å². The molecule has 1 aliphatic heterocycles. The molecular formula is C15H23O8P. The van der Waals surface area contributed by atoms with Crippen molar-refractivity contribution in [3.8, 4) is 17.2 Å². The van der Waals surface area contributed by atoms with Gasteiger partial charge in [-0.1, -0.05) is 0 Å². The molecule has 0 bridgehead atoms. The summed E-state index contributed by atoms with van der Waals surface area (Å²) in [5, 5.41) is 0. The van der Waals surface area contributed by atoms with Gasteiger partial charge < -0.3 is 23.5 Å². The Morgan fingerprint density at radius 2 is 1.54 bits per heavy atom. The summed E-state index contributed by atoms with van der Waals surface area (Å²) in [4.78, 5) is 0. The molecule has 0 aliphatic carbocycles. The van der Waals surface area contributed by atoms with Crippen LogP contribution in [0.2, 0.25) is 0 Å². The maximum absolute atomic E-state index is 12.6. The molecule has 24 heavy (non-hydrogen) atoms. The largest absolute Gasteiger partial charge is 0.530 e. The molecule has 2 rings (SSSR count). The van der Waals surface area contributed by atoms with Crippen LogP contribution in [0, 0.1) is 0 Å². The van der Waals surface area contributed by atoms with Crippen LogP contribution < -0.4 is 14.0 Å². The normalized spacial score (nSPS) is 15.5. The molecule has 0 spiro atoms. The molecule has 1 fully saturated rings. The number of hydrogen-bond acceptors (Lipinski definition) is 8. The van der Waals surface area contributed by atoms with E-state index in [0.717, 1.165) is 0 Å². The first-order valence-corrected chi connectivity index (χ1v) is 9.10. The first-order valence-electron chi connectivity index (χ1n) is 7.64. The summed E-state index contributed by atoms with van der Waals surface area (Å²) < 4.78 is 50.1. The summed E-state index contributed by atoms with van der Waals surface area (Å²) in [7, 11) is -0.852. The van der Waals surface area contributed by atoms with Crippen LogP contribution in [-0.2, 0) is 23.1 Å². The first-order chi connectivity index (χ1) is 11.6. The zero-order chi connectivity index (χ0) is 17.6. The molecule has 0 amide bonds. The van der Waals surface area contributed by atoms with Crippen molar-refractivity contribution < 1.29 is 37.1 Å². The topological polar surface area (TPSA) is 81.7 Å². The Morgan fingerprint density at radius 3 is 1.96 bits per heavy atom. The van der Waals surface area contributed by atoms with Gasteiger partial charge in [0.2, 0.25) is 5.75 Å². The van der Waals surface area contributed by atoms with Crippen molar-refractivity contribution in [2.45, 2.75) is 20.1 Å². The van der Waals surface area contributed by atoms with Gasteiger partial charge in [-0.15, -0.1) is 0 Å². The SMILES string of the molecule is CCOP(=O)(OCC)Oc1c(OC)cc(C2OCCO2)cc1OC. The van der Waals surface area contributed by atoms with E-state index in [2.05, 4.69) is 0 Å². The van der Waals surface area contributed by atoms with Gasteiger partial charge in [0.1, 0.15) is 0 Å². The smallest absolute Gasteiger partial charge is 0.493 e. The van der Waals surface area contributed by atoms with E-state index in [-0.39, 0.29) is 19.0 Å². The Kier molecular flexibility index (Phi) is 6.89. The molecule has 0 saturated carbocycles. The monoisotopic (exact) mass is 362 g/mol. The van der Waals surface area contributed by atoms with Crippen LogP contribution in [0.5, 0.6) is 17.2 Å². The minimum absolute atomic E-state index is 0.131. The highest BCUT2D eigenvalue weighted by Gasteiger charge is 2.32. The number of rotatable bonds is 9. The summed E-state index contributed by atoms with van der Waals surface area (Å²) in [6.07, 6.45) is -0.507. The molecule has 1 aliphatic rings. The van der Waals surface area contributed by atoms with Crippen molar-refractivity contribution in [2.75, 3.05) is 40.6 Å². The van der Waals surface area contributed by atoms with Crippen LogP contribution in [-0.4, -0.2) is 40.6 Å². The van der Waals surface area contributed by atoms with Crippen LogP contribution in [0.25, 0.3) is 0 Å². The highest BCUT2D eigenvalue weighted by Crippen LogP contribution is 2.54. The second-order valence-corrected chi connectivity index (χ2v) is 6.30. The third-order valence-electron chi connectivity index (χ3n) is 3.15. The summed E-state index contributed by atoms with van der Waals surface area (Å²) in [5.74, 6) is 0.748. The summed E-state index contributed by atoms with van der Waals surface area (Å²) in [5.41, 5.74) is 0.705. The van der Waals surface area contributed by atoms with Gasteiger partial charge in [0, 0.05) is 5.56 Å². The second-order valence-electron chi connectivity index (χ2n) is 4.70. The number of phosphoric acid groups is 1. The third-order valence-corrected chi connectivity index (χ3v) is 4.71. The van der Waals surface area contributed by atoms with Crippen LogP contribution in [0.3, 0.4) is 0 Å². The first kappa shape index (κ1) is 19.0. The van der Waals surface area contributed by atoms with Gasteiger partial charge in [-0.05, 0) is 26.0 Å². The number of phosphoric ester groups is 1. The van der Waals surface area contributed by atoms with E-state index < -0.39 is 14.1 Å². The van der Waals surface area contributed by atoms with Crippen molar-refractivity contribution in [1.82, 2.24) is 0 Å². The van der Waals surface area contributed by atoms with Crippen molar-refractivity contribution in [2.24, 2.45) is 0 Å². The van der Waals surface area contributed by atoms with Gasteiger partial charge in [0.25, 0.3) is 0 Å². The quantitative estimate of drug-likeness (QED) is 0.619. The van der Waals surface area contributed by atoms with Gasteiger partial charge in [0.05, 0.1) is 40.6 Å². The fraction of sp³-hybridized carbons (Fsp3) is 0.600. The zero-order valence-corrected chi connectivity index (χ0v) is 15.2. The van der Waals surface area contributed by atoms with E-state index >= 15 is 0 Å². The molecule has 1 saturated heterocycles. The van der Waals surface area contributed by atoms with Gasteiger partial charge in [-0.2, -0.15) is 0 Å². The average molecular weight is 362 g/mol. The standard InChI is InChI=1S/C15H23O8P/c1-5-21-24(16,22-6-2)23-14-12(17-3)9-11(10-13(14)18-4)15-19-7-8-20-15/h9-10,15H,5-8H2,1-4H3. The van der Waals surface area contributed by atoms with E-state index in [4.69, 9.17) is 32.5 Å². The lowest BCUT2D eigenvalue weighted by Gasteiger charge is -2.21. The van der Waals surface area contributed by atoms with Crippen molar-refractivity contribution >= 4 is 7.82 Å². The maximum Gasteiger partial charge on any atom is 0.530 e. The zero-order valence-electron chi connectivity index (χ0n) is 14.3. The Labute approximate surface area is 141 Å². The fourth-order valence-electron chi connectivity index (χ4n) is 2.20. The van der Waals surface area contributed by atoms with Crippen LogP contribution in [0.15, 0.2) is 12.1 Å². The Bertz CT molecular complexity index is 550. The summed E-state index contributed by atoms with van der Waals surface area (Å²) >= 11 is 0. The van der Waals surface area contributed by atoms with Gasteiger partial charge >= 0.3 is 7.82 Å². The minimum Gasteiger partial charge on any atom is -0.493 e. The summed E-state index contributed by atoms with van der Waals surface area (Å²) in [6, 6.07) is 3.35. The van der Waals surface area contributed by atoms with Crippen LogP contribution in [0.1, 0.15) is 25.7 Å². The number of methoxy groups -OCH3 is 2. The van der Waals surface area contributed by atoms with E-state index in [1.165, 1.54) is 14.2 Å². The lowest BCUT2D eigenvalue weighted by Crippen LogP contribution is -2.06. The highest BCUT2D eigenvalue weighted by molar-refractivity contribution is 7.48. The molecule has 0 atom stereocenters. The van der Waals surface area contributed by atoms with Crippen molar-refractivity contribution in [3.05, 3.63) is 17.7 Å². The maximum atomic E-state index is 12.6. The second kappa shape index (κ2) is 8.69. The fourth-order valence-corrected chi connectivity index (χ4v) is 3.41. The molecule has 0 aromatic heterocycles. The molecule has 1 aromatic carbocycles. The molecule has 1 heterocycles. The van der Waals surface area contributed by atoms with Crippen LogP contribution >= 0.6 is 7.82 Å². The third kappa shape index (κ3) is 4.40. The Morgan fingerprint density at radius 1 is 1.04 bits per heavy atom. The molecule has 0 N–H and O–H groups in total. The van der Waals surface area contributed by atoms with Crippen molar-refractivity contribution in [1.29, 1.82) is 0 Å². The average Bonchev–Trinajstić information content (AvgIpc) is 3.09. The number of hydrogen-bond donors (Lipinski definition) is 0. The summed E-state index contributed by atoms with van der Waals surface area (Å²) in [6.45, 7) is 4.76. The van der Waals surface area contributed by atoms with E-state index in [1.807, 2.05) is 0 Å². The molecule has 9 heteroatoms. The van der Waals surface area contributed by atoms with Crippen molar-refractivity contribution in [3.63, 3.8) is 0 Å². The molecular weight excluding hydrogens is 339 g/mol. The minimum atomic E-state index is -3.78. The molecule has 136 valence electrons. The Balaban J connectivity index is 2.38. The lowest BCUT2D eigenvalue weighted by molar-refractivity contribution is -0.0443. The van der Waals surface area contributed by atoms with Gasteiger partial charge in [-0.3, -0.25) is 9.05 Å². The molecule has 0 radical (unpaired) electrons. The van der Waals surface area contributed by atoms with Gasteiger partial charge in [0.15, 0.2) is 17.8 Å². The number of benzene rings is 1. The van der Waals surface area contributed by atoms with Crippen LogP contribution in [0.4, 0.5) is 0 Å². The lowest BCUT2D eigenvalue weighted by atomic mass is 10.1. The molecule has 0 unspecified atom stereocenters. The molecule has 8 nitrogen and oxygen atoms in total. The predicted molar refractivity (Wildman–Crippen MR) is 85.7 cm³/mol. The van der Waals surface area contributed by atoms with E-state index in [0.29, 0.717) is 30.3 Å². The Hall–Kier alpha value is -1.31. The number of ether oxygens (including phenoxy) is 4. The molecule has 1 aromatic rings.